The molecule has 2 aromatic rings. The summed E-state index contributed by atoms with van der Waals surface area (Å²) in [6, 6.07) is 13.0. The number of amidine groups is 1. The molecule has 1 heterocycles. The molecule has 0 spiro atoms. The molecule has 25 heavy (non-hydrogen) atoms. The van der Waals surface area contributed by atoms with Crippen LogP contribution < -0.4 is 10.6 Å². The van der Waals surface area contributed by atoms with E-state index in [-0.39, 0.29) is 28.4 Å². The third kappa shape index (κ3) is 4.58. The van der Waals surface area contributed by atoms with E-state index in [9.17, 15) is 14.0 Å². The first kappa shape index (κ1) is 17.4. The lowest BCUT2D eigenvalue weighted by molar-refractivity contribution is -0.123. The van der Waals surface area contributed by atoms with Crippen LogP contribution in [0.3, 0.4) is 0 Å². The van der Waals surface area contributed by atoms with E-state index in [4.69, 9.17) is 11.6 Å². The molecule has 128 valence electrons. The number of nitrogens with one attached hydrogen (secondary N) is 2. The second kappa shape index (κ2) is 7.67. The Morgan fingerprint density at radius 3 is 2.76 bits per heavy atom. The van der Waals surface area contributed by atoms with Gasteiger partial charge in [0.05, 0.1) is 10.7 Å². The summed E-state index contributed by atoms with van der Waals surface area (Å²) in [5.41, 5.74) is 1.04. The van der Waals surface area contributed by atoms with E-state index in [1.807, 2.05) is 18.2 Å². The highest BCUT2D eigenvalue weighted by atomic mass is 35.5. The minimum absolute atomic E-state index is 0.0481. The zero-order valence-corrected chi connectivity index (χ0v) is 14.4. The van der Waals surface area contributed by atoms with Crippen LogP contribution in [0.5, 0.6) is 0 Å². The summed E-state index contributed by atoms with van der Waals surface area (Å²) in [7, 11) is 0. The molecule has 2 aromatic carbocycles. The summed E-state index contributed by atoms with van der Waals surface area (Å²) in [6.07, 6.45) is 0.0481. The zero-order valence-electron chi connectivity index (χ0n) is 12.8. The molecule has 0 aliphatic carbocycles. The molecular formula is C17H13ClFN3O2S. The van der Waals surface area contributed by atoms with Gasteiger partial charge in [-0.15, -0.1) is 0 Å². The largest absolute Gasteiger partial charge is 0.325 e. The standard InChI is InChI=1S/C17H13ClFN3O2S/c18-12-8-11(6-7-13(12)19)21-17-22-15(23)9-14(25-17)16(24)20-10-4-2-1-3-5-10/h1-8,14H,9H2,(H,20,24)(H,21,22,23)/t14-/m1/s1. The molecule has 3 rings (SSSR count). The minimum Gasteiger partial charge on any atom is -0.325 e. The molecule has 0 aromatic heterocycles. The van der Waals surface area contributed by atoms with Gasteiger partial charge >= 0.3 is 0 Å². The van der Waals surface area contributed by atoms with Crippen LogP contribution in [0.25, 0.3) is 0 Å². The minimum atomic E-state index is -0.608. The first-order valence-corrected chi connectivity index (χ1v) is 8.63. The summed E-state index contributed by atoms with van der Waals surface area (Å²) in [6.45, 7) is 0. The zero-order chi connectivity index (χ0) is 17.8. The van der Waals surface area contributed by atoms with Crippen LogP contribution >= 0.6 is 23.4 Å². The second-order valence-electron chi connectivity index (χ2n) is 5.23. The molecule has 1 aliphatic rings. The fourth-order valence-electron chi connectivity index (χ4n) is 2.16. The van der Waals surface area contributed by atoms with Gasteiger partial charge in [0, 0.05) is 12.1 Å². The van der Waals surface area contributed by atoms with Gasteiger partial charge in [-0.05, 0) is 30.3 Å². The molecule has 2 N–H and O–H groups in total. The molecule has 0 radical (unpaired) electrons. The Kier molecular flexibility index (Phi) is 5.35. The predicted molar refractivity (Wildman–Crippen MR) is 97.7 cm³/mol. The number of thioether (sulfide) groups is 1. The Balaban J connectivity index is 1.74. The Hall–Kier alpha value is -2.38. The number of carbonyl (C=O) groups excluding carboxylic acids is 2. The summed E-state index contributed by atoms with van der Waals surface area (Å²) in [5.74, 6) is -1.14. The Bertz CT molecular complexity index is 845. The SMILES string of the molecule is O=C1C[C@H](C(=O)Nc2ccccc2)SC(=Nc2ccc(F)c(Cl)c2)N1. The number of para-hydroxylation sites is 1. The molecule has 1 atom stereocenters. The van der Waals surface area contributed by atoms with Gasteiger partial charge in [0.15, 0.2) is 5.17 Å². The lowest BCUT2D eigenvalue weighted by atomic mass is 10.2. The fourth-order valence-corrected chi connectivity index (χ4v) is 3.34. The van der Waals surface area contributed by atoms with Crippen LogP contribution in [0.4, 0.5) is 15.8 Å². The van der Waals surface area contributed by atoms with Crippen LogP contribution in [-0.4, -0.2) is 22.2 Å². The quantitative estimate of drug-likeness (QED) is 0.856. The Labute approximate surface area is 152 Å². The third-order valence-electron chi connectivity index (χ3n) is 3.34. The monoisotopic (exact) mass is 377 g/mol. The topological polar surface area (TPSA) is 70.6 Å². The van der Waals surface area contributed by atoms with Crippen molar-refractivity contribution in [1.82, 2.24) is 5.32 Å². The van der Waals surface area contributed by atoms with Gasteiger partial charge in [-0.25, -0.2) is 9.38 Å². The van der Waals surface area contributed by atoms with Crippen LogP contribution in [-0.2, 0) is 9.59 Å². The lowest BCUT2D eigenvalue weighted by Crippen LogP contribution is -2.41. The van der Waals surface area contributed by atoms with E-state index >= 15 is 0 Å². The molecule has 0 bridgehead atoms. The highest BCUT2D eigenvalue weighted by Gasteiger charge is 2.30. The smallest absolute Gasteiger partial charge is 0.238 e. The summed E-state index contributed by atoms with van der Waals surface area (Å²) in [5, 5.41) is 4.97. The molecule has 1 fully saturated rings. The number of carbonyl (C=O) groups is 2. The van der Waals surface area contributed by atoms with Gasteiger partial charge in [-0.2, -0.15) is 0 Å². The molecule has 0 unspecified atom stereocenters. The molecular weight excluding hydrogens is 365 g/mol. The van der Waals surface area contributed by atoms with Gasteiger partial charge < -0.3 is 10.6 Å². The molecule has 1 aliphatic heterocycles. The maximum Gasteiger partial charge on any atom is 0.238 e. The fraction of sp³-hybridized carbons (Fsp3) is 0.118. The summed E-state index contributed by atoms with van der Waals surface area (Å²) < 4.78 is 13.2. The number of aliphatic imine (C=N–C) groups is 1. The second-order valence-corrected chi connectivity index (χ2v) is 6.83. The first-order valence-electron chi connectivity index (χ1n) is 7.37. The summed E-state index contributed by atoms with van der Waals surface area (Å²) in [4.78, 5) is 28.5. The maximum absolute atomic E-state index is 13.2. The van der Waals surface area contributed by atoms with E-state index in [0.717, 1.165) is 11.8 Å². The Morgan fingerprint density at radius 2 is 2.04 bits per heavy atom. The van der Waals surface area contributed by atoms with Crippen molar-refractivity contribution in [1.29, 1.82) is 0 Å². The average Bonchev–Trinajstić information content (AvgIpc) is 2.58. The number of anilines is 1. The lowest BCUT2D eigenvalue weighted by Gasteiger charge is -2.22. The molecule has 0 saturated carbocycles. The van der Waals surface area contributed by atoms with Gasteiger partial charge in [0.1, 0.15) is 11.1 Å². The summed E-state index contributed by atoms with van der Waals surface area (Å²) >= 11 is 6.86. The Morgan fingerprint density at radius 1 is 1.28 bits per heavy atom. The number of nitrogens with zero attached hydrogens (tertiary/aromatic N) is 1. The number of hydrogen-bond donors (Lipinski definition) is 2. The van der Waals surface area contributed by atoms with Crippen molar-refractivity contribution in [2.24, 2.45) is 4.99 Å². The van der Waals surface area contributed by atoms with E-state index in [1.54, 1.807) is 12.1 Å². The van der Waals surface area contributed by atoms with E-state index < -0.39 is 11.1 Å². The van der Waals surface area contributed by atoms with Crippen molar-refractivity contribution in [3.05, 3.63) is 59.4 Å². The van der Waals surface area contributed by atoms with Crippen LogP contribution in [0.2, 0.25) is 5.02 Å². The van der Waals surface area contributed by atoms with Crippen LogP contribution in [0, 0.1) is 5.82 Å². The first-order chi connectivity index (χ1) is 12.0. The number of hydrogen-bond acceptors (Lipinski definition) is 4. The highest BCUT2D eigenvalue weighted by molar-refractivity contribution is 8.15. The molecule has 8 heteroatoms. The third-order valence-corrected chi connectivity index (χ3v) is 4.71. The van der Waals surface area contributed by atoms with Crippen LogP contribution in [0.1, 0.15) is 6.42 Å². The predicted octanol–water partition coefficient (Wildman–Crippen LogP) is 3.73. The van der Waals surface area contributed by atoms with Gasteiger partial charge in [-0.3, -0.25) is 9.59 Å². The number of amides is 2. The number of benzene rings is 2. The van der Waals surface area contributed by atoms with Crippen molar-refractivity contribution in [2.75, 3.05) is 5.32 Å². The normalized spacial score (nSPS) is 18.7. The van der Waals surface area contributed by atoms with E-state index in [2.05, 4.69) is 15.6 Å². The van der Waals surface area contributed by atoms with Crippen molar-refractivity contribution < 1.29 is 14.0 Å². The van der Waals surface area contributed by atoms with Crippen molar-refractivity contribution in [2.45, 2.75) is 11.7 Å². The molecule has 1 saturated heterocycles. The number of rotatable bonds is 3. The van der Waals surface area contributed by atoms with E-state index in [1.165, 1.54) is 18.2 Å². The number of halogens is 2. The van der Waals surface area contributed by atoms with Crippen LogP contribution in [0.15, 0.2) is 53.5 Å². The molecule has 5 nitrogen and oxygen atoms in total. The maximum atomic E-state index is 13.2. The molecule has 2 amide bonds. The van der Waals surface area contributed by atoms with E-state index in [0.29, 0.717) is 11.4 Å². The van der Waals surface area contributed by atoms with Crippen molar-refractivity contribution >= 4 is 51.7 Å². The average molecular weight is 378 g/mol. The van der Waals surface area contributed by atoms with Gasteiger partial charge in [0.2, 0.25) is 11.8 Å². The van der Waals surface area contributed by atoms with Crippen molar-refractivity contribution in [3.8, 4) is 0 Å². The van der Waals surface area contributed by atoms with Crippen molar-refractivity contribution in [3.63, 3.8) is 0 Å². The highest BCUT2D eigenvalue weighted by Crippen LogP contribution is 2.27. The van der Waals surface area contributed by atoms with Gasteiger partial charge in [0.25, 0.3) is 0 Å². The van der Waals surface area contributed by atoms with Gasteiger partial charge in [-0.1, -0.05) is 41.6 Å².